The highest BCUT2D eigenvalue weighted by Gasteiger charge is 2.19. The van der Waals surface area contributed by atoms with E-state index in [2.05, 4.69) is 15.6 Å². The Balaban J connectivity index is 1.33. The van der Waals surface area contributed by atoms with Crippen molar-refractivity contribution in [3.63, 3.8) is 0 Å². The van der Waals surface area contributed by atoms with Gasteiger partial charge in [0.2, 0.25) is 6.79 Å². The first kappa shape index (κ1) is 16.6. The third kappa shape index (κ3) is 3.13. The molecule has 2 aliphatic heterocycles. The fraction of sp³-hybridized carbons (Fsp3) is 0.182. The van der Waals surface area contributed by atoms with Crippen LogP contribution in [-0.2, 0) is 12.8 Å². The monoisotopic (exact) mass is 373 g/mol. The van der Waals surface area contributed by atoms with Gasteiger partial charge in [-0.25, -0.2) is 4.98 Å². The van der Waals surface area contributed by atoms with E-state index in [0.29, 0.717) is 17.8 Å². The van der Waals surface area contributed by atoms with E-state index in [1.807, 2.05) is 48.5 Å². The van der Waals surface area contributed by atoms with Crippen molar-refractivity contribution in [2.45, 2.75) is 12.8 Å². The topological polar surface area (TPSA) is 72.5 Å². The maximum atomic E-state index is 12.8. The van der Waals surface area contributed by atoms with Gasteiger partial charge in [0.1, 0.15) is 5.82 Å². The molecule has 2 N–H and O–H groups in total. The van der Waals surface area contributed by atoms with Crippen LogP contribution in [0.5, 0.6) is 11.5 Å². The van der Waals surface area contributed by atoms with Gasteiger partial charge >= 0.3 is 0 Å². The van der Waals surface area contributed by atoms with Crippen LogP contribution in [0.2, 0.25) is 0 Å². The fourth-order valence-electron chi connectivity index (χ4n) is 3.68. The van der Waals surface area contributed by atoms with Crippen LogP contribution in [0.3, 0.4) is 0 Å². The third-order valence-corrected chi connectivity index (χ3v) is 5.02. The molecule has 0 spiro atoms. The lowest BCUT2D eigenvalue weighted by atomic mass is 10.0. The van der Waals surface area contributed by atoms with Gasteiger partial charge in [0.15, 0.2) is 11.5 Å². The number of nitrogens with one attached hydrogen (secondary N) is 2. The number of carbonyl (C=O) groups excluding carboxylic acids is 1. The van der Waals surface area contributed by atoms with Gasteiger partial charge in [0.05, 0.1) is 0 Å². The Bertz CT molecular complexity index is 1060. The Morgan fingerprint density at radius 1 is 1.07 bits per heavy atom. The standard InChI is InChI=1S/C22H19N3O3/c26-22(17-2-1-3-18-16(17)7-9-23-18)25-21-12-15(6-8-24-21)10-14-4-5-19-20(11-14)28-13-27-19/h1-6,8,11-12,23H,7,9-10,13H2,(H,24,25,26). The first-order valence-corrected chi connectivity index (χ1v) is 9.27. The second-order valence-electron chi connectivity index (χ2n) is 6.88. The molecule has 0 saturated carbocycles. The summed E-state index contributed by atoms with van der Waals surface area (Å²) in [5, 5.41) is 6.23. The summed E-state index contributed by atoms with van der Waals surface area (Å²) in [6, 6.07) is 15.5. The second-order valence-corrected chi connectivity index (χ2v) is 6.88. The highest BCUT2D eigenvalue weighted by molar-refractivity contribution is 6.06. The van der Waals surface area contributed by atoms with Crippen LogP contribution in [0.4, 0.5) is 11.5 Å². The molecule has 6 nitrogen and oxygen atoms in total. The number of anilines is 2. The molecule has 0 fully saturated rings. The van der Waals surface area contributed by atoms with Crippen LogP contribution in [-0.4, -0.2) is 24.2 Å². The number of ether oxygens (including phenoxy) is 2. The summed E-state index contributed by atoms with van der Waals surface area (Å²) >= 11 is 0. The van der Waals surface area contributed by atoms with E-state index in [-0.39, 0.29) is 12.7 Å². The highest BCUT2D eigenvalue weighted by Crippen LogP contribution is 2.33. The molecule has 3 heterocycles. The number of carbonyl (C=O) groups is 1. The van der Waals surface area contributed by atoms with Crippen molar-refractivity contribution >= 4 is 17.4 Å². The zero-order valence-electron chi connectivity index (χ0n) is 15.2. The normalized spacial score (nSPS) is 13.7. The number of benzene rings is 2. The molecule has 3 aromatic rings. The molecule has 0 saturated heterocycles. The van der Waals surface area contributed by atoms with Gasteiger partial charge in [-0.05, 0) is 65.9 Å². The van der Waals surface area contributed by atoms with Gasteiger partial charge < -0.3 is 20.1 Å². The second kappa shape index (κ2) is 6.88. The average Bonchev–Trinajstić information content (AvgIpc) is 3.36. The summed E-state index contributed by atoms with van der Waals surface area (Å²) in [6.45, 7) is 1.13. The molecule has 0 radical (unpaired) electrons. The van der Waals surface area contributed by atoms with Gasteiger partial charge in [-0.3, -0.25) is 4.79 Å². The van der Waals surface area contributed by atoms with E-state index in [9.17, 15) is 4.79 Å². The fourth-order valence-corrected chi connectivity index (χ4v) is 3.68. The van der Waals surface area contributed by atoms with E-state index in [0.717, 1.165) is 46.8 Å². The quantitative estimate of drug-likeness (QED) is 0.731. The van der Waals surface area contributed by atoms with Crippen molar-refractivity contribution in [1.29, 1.82) is 0 Å². The average molecular weight is 373 g/mol. The number of nitrogens with zero attached hydrogens (tertiary/aromatic N) is 1. The molecule has 2 aromatic carbocycles. The Kier molecular flexibility index (Phi) is 4.09. The Morgan fingerprint density at radius 2 is 1.96 bits per heavy atom. The number of hydrogen-bond acceptors (Lipinski definition) is 5. The van der Waals surface area contributed by atoms with Crippen LogP contribution in [0.15, 0.2) is 54.7 Å². The molecule has 0 unspecified atom stereocenters. The summed E-state index contributed by atoms with van der Waals surface area (Å²) in [5.41, 5.74) is 4.97. The van der Waals surface area contributed by atoms with E-state index in [1.165, 1.54) is 0 Å². The minimum absolute atomic E-state index is 0.131. The molecule has 0 aliphatic carbocycles. The van der Waals surface area contributed by atoms with Crippen molar-refractivity contribution < 1.29 is 14.3 Å². The zero-order valence-corrected chi connectivity index (χ0v) is 15.2. The molecule has 28 heavy (non-hydrogen) atoms. The number of amides is 1. The van der Waals surface area contributed by atoms with E-state index in [4.69, 9.17) is 9.47 Å². The summed E-state index contributed by atoms with van der Waals surface area (Å²) in [7, 11) is 0. The van der Waals surface area contributed by atoms with Crippen molar-refractivity contribution in [2.75, 3.05) is 24.0 Å². The molecule has 0 atom stereocenters. The zero-order chi connectivity index (χ0) is 18.9. The molecule has 1 amide bonds. The summed E-state index contributed by atoms with van der Waals surface area (Å²) < 4.78 is 10.8. The van der Waals surface area contributed by atoms with Crippen LogP contribution in [0.25, 0.3) is 0 Å². The Hall–Kier alpha value is -3.54. The van der Waals surface area contributed by atoms with Gasteiger partial charge in [0, 0.05) is 24.0 Å². The van der Waals surface area contributed by atoms with Gasteiger partial charge in [-0.2, -0.15) is 0 Å². The lowest BCUT2D eigenvalue weighted by Crippen LogP contribution is -2.15. The molecule has 140 valence electrons. The number of rotatable bonds is 4. The van der Waals surface area contributed by atoms with E-state index < -0.39 is 0 Å². The Labute approximate surface area is 162 Å². The predicted molar refractivity (Wildman–Crippen MR) is 106 cm³/mol. The van der Waals surface area contributed by atoms with Gasteiger partial charge in [-0.15, -0.1) is 0 Å². The summed E-state index contributed by atoms with van der Waals surface area (Å²) in [4.78, 5) is 17.1. The minimum atomic E-state index is -0.131. The van der Waals surface area contributed by atoms with Gasteiger partial charge in [0.25, 0.3) is 5.91 Å². The number of hydrogen-bond donors (Lipinski definition) is 2. The highest BCUT2D eigenvalue weighted by atomic mass is 16.7. The van der Waals surface area contributed by atoms with Crippen molar-refractivity contribution in [3.05, 3.63) is 77.0 Å². The van der Waals surface area contributed by atoms with E-state index in [1.54, 1.807) is 6.20 Å². The molecule has 2 aliphatic rings. The molecule has 1 aromatic heterocycles. The molecule has 5 rings (SSSR count). The molecular weight excluding hydrogens is 354 g/mol. The molecular formula is C22H19N3O3. The maximum absolute atomic E-state index is 12.8. The number of pyridine rings is 1. The van der Waals surface area contributed by atoms with E-state index >= 15 is 0 Å². The molecule has 0 bridgehead atoms. The lowest BCUT2D eigenvalue weighted by molar-refractivity contribution is 0.102. The van der Waals surface area contributed by atoms with Crippen LogP contribution in [0, 0.1) is 0 Å². The SMILES string of the molecule is O=C(Nc1cc(Cc2ccc3c(c2)OCO3)ccn1)c1cccc2c1CCN2. The number of fused-ring (bicyclic) bond motifs is 2. The number of aromatic nitrogens is 1. The largest absolute Gasteiger partial charge is 0.454 e. The maximum Gasteiger partial charge on any atom is 0.257 e. The smallest absolute Gasteiger partial charge is 0.257 e. The predicted octanol–water partition coefficient (Wildman–Crippen LogP) is 3.62. The first-order chi connectivity index (χ1) is 13.8. The van der Waals surface area contributed by atoms with Gasteiger partial charge in [-0.1, -0.05) is 12.1 Å². The van der Waals surface area contributed by atoms with Crippen LogP contribution in [0.1, 0.15) is 27.0 Å². The summed E-state index contributed by atoms with van der Waals surface area (Å²) in [6.07, 6.45) is 3.29. The van der Waals surface area contributed by atoms with Crippen molar-refractivity contribution in [1.82, 2.24) is 4.98 Å². The van der Waals surface area contributed by atoms with Crippen molar-refractivity contribution in [3.8, 4) is 11.5 Å². The minimum Gasteiger partial charge on any atom is -0.454 e. The first-order valence-electron chi connectivity index (χ1n) is 9.27. The molecule has 6 heteroatoms. The lowest BCUT2D eigenvalue weighted by Gasteiger charge is -2.10. The Morgan fingerprint density at radius 3 is 2.93 bits per heavy atom. The third-order valence-electron chi connectivity index (χ3n) is 5.02. The van der Waals surface area contributed by atoms with Crippen LogP contribution >= 0.6 is 0 Å². The summed E-state index contributed by atoms with van der Waals surface area (Å²) in [5.74, 6) is 1.96. The van der Waals surface area contributed by atoms with Crippen LogP contribution < -0.4 is 20.1 Å². The van der Waals surface area contributed by atoms with Crippen molar-refractivity contribution in [2.24, 2.45) is 0 Å².